The molecular formula is C19H22F3N5O3S. The zero-order valence-electron chi connectivity index (χ0n) is 16.8. The molecule has 1 aliphatic carbocycles. The Kier molecular flexibility index (Phi) is 5.91. The van der Waals surface area contributed by atoms with E-state index >= 15 is 0 Å². The molecule has 2 amide bonds. The van der Waals surface area contributed by atoms with Gasteiger partial charge in [0.15, 0.2) is 5.69 Å². The van der Waals surface area contributed by atoms with Crippen molar-refractivity contribution in [3.8, 4) is 0 Å². The molecule has 4 rings (SSSR count). The number of carbonyl (C=O) groups excluding carboxylic acids is 2. The molecule has 0 spiro atoms. The molecule has 0 unspecified atom stereocenters. The Bertz CT molecular complexity index is 984. The minimum atomic E-state index is -4.61. The molecule has 1 saturated carbocycles. The van der Waals surface area contributed by atoms with Crippen LogP contribution in [0.15, 0.2) is 6.07 Å². The largest absolute Gasteiger partial charge is 0.446 e. The number of hydrogen-bond acceptors (Lipinski definition) is 7. The quantitative estimate of drug-likeness (QED) is 0.716. The van der Waals surface area contributed by atoms with E-state index in [-0.39, 0.29) is 27.8 Å². The molecule has 1 aliphatic heterocycles. The lowest BCUT2D eigenvalue weighted by molar-refractivity contribution is -0.136. The van der Waals surface area contributed by atoms with Crippen LogP contribution in [0.5, 0.6) is 0 Å². The number of nitrogens with zero attached hydrogens (tertiary/aromatic N) is 3. The monoisotopic (exact) mass is 457 g/mol. The van der Waals surface area contributed by atoms with Gasteiger partial charge in [0.2, 0.25) is 0 Å². The number of halogens is 3. The summed E-state index contributed by atoms with van der Waals surface area (Å²) in [4.78, 5) is 29.9. The van der Waals surface area contributed by atoms with Gasteiger partial charge in [-0.3, -0.25) is 4.79 Å². The van der Waals surface area contributed by atoms with Crippen molar-refractivity contribution in [1.82, 2.24) is 20.0 Å². The number of alkyl carbamates (subject to hydrolysis) is 1. The Morgan fingerprint density at radius 1 is 1.26 bits per heavy atom. The van der Waals surface area contributed by atoms with Crippen LogP contribution in [0.2, 0.25) is 0 Å². The maximum atomic E-state index is 13.7. The van der Waals surface area contributed by atoms with Gasteiger partial charge in [0.1, 0.15) is 17.4 Å². The highest BCUT2D eigenvalue weighted by Crippen LogP contribution is 2.39. The van der Waals surface area contributed by atoms with E-state index in [2.05, 4.69) is 20.0 Å². The third kappa shape index (κ3) is 4.83. The van der Waals surface area contributed by atoms with Gasteiger partial charge in [-0.1, -0.05) is 0 Å². The predicted molar refractivity (Wildman–Crippen MR) is 108 cm³/mol. The molecular weight excluding hydrogens is 435 g/mol. The van der Waals surface area contributed by atoms with Crippen molar-refractivity contribution in [2.45, 2.75) is 38.0 Å². The molecule has 1 saturated heterocycles. The number of anilines is 1. The van der Waals surface area contributed by atoms with E-state index < -0.39 is 23.7 Å². The normalized spacial score (nSPS) is 17.6. The van der Waals surface area contributed by atoms with Crippen molar-refractivity contribution >= 4 is 39.6 Å². The van der Waals surface area contributed by atoms with Crippen LogP contribution in [0.1, 0.15) is 41.7 Å². The Morgan fingerprint density at radius 3 is 2.58 bits per heavy atom. The summed E-state index contributed by atoms with van der Waals surface area (Å²) >= 11 is 0.608. The molecule has 2 fully saturated rings. The Balaban J connectivity index is 1.50. The first-order valence-corrected chi connectivity index (χ1v) is 10.8. The predicted octanol–water partition coefficient (Wildman–Crippen LogP) is 3.17. The van der Waals surface area contributed by atoms with E-state index in [1.165, 1.54) is 7.05 Å². The number of aromatic nitrogens is 2. The number of hydrogen-bond donors (Lipinski definition) is 2. The first-order chi connectivity index (χ1) is 14.8. The number of rotatable bonds is 5. The van der Waals surface area contributed by atoms with Crippen LogP contribution < -0.4 is 15.5 Å². The summed E-state index contributed by atoms with van der Waals surface area (Å²) in [6.45, 7) is 1.37. The summed E-state index contributed by atoms with van der Waals surface area (Å²) in [6, 6.07) is 0.998. The highest BCUT2D eigenvalue weighted by Gasteiger charge is 2.37. The minimum absolute atomic E-state index is 0.0630. The van der Waals surface area contributed by atoms with Gasteiger partial charge in [0.25, 0.3) is 5.91 Å². The minimum Gasteiger partial charge on any atom is -0.446 e. The molecule has 12 heteroatoms. The van der Waals surface area contributed by atoms with E-state index in [0.29, 0.717) is 49.9 Å². The number of pyridine rings is 1. The van der Waals surface area contributed by atoms with Gasteiger partial charge in [-0.15, -0.1) is 0 Å². The van der Waals surface area contributed by atoms with Crippen molar-refractivity contribution in [2.75, 3.05) is 31.6 Å². The molecule has 2 N–H and O–H groups in total. The molecule has 2 aromatic heterocycles. The fourth-order valence-corrected chi connectivity index (χ4v) is 4.35. The number of piperidine rings is 1. The zero-order valence-corrected chi connectivity index (χ0v) is 17.6. The van der Waals surface area contributed by atoms with Gasteiger partial charge in [0, 0.05) is 39.5 Å². The molecule has 0 radical (unpaired) electrons. The maximum absolute atomic E-state index is 13.7. The van der Waals surface area contributed by atoms with Gasteiger partial charge in [-0.2, -0.15) is 17.5 Å². The number of alkyl halides is 3. The van der Waals surface area contributed by atoms with Gasteiger partial charge < -0.3 is 20.3 Å². The summed E-state index contributed by atoms with van der Waals surface area (Å²) in [5.74, 6) is 0.0830. The third-order valence-corrected chi connectivity index (χ3v) is 6.30. The lowest BCUT2D eigenvalue weighted by atomic mass is 10.1. The lowest BCUT2D eigenvalue weighted by Gasteiger charge is -2.32. The van der Waals surface area contributed by atoms with Crippen molar-refractivity contribution in [1.29, 1.82) is 0 Å². The second-order valence-electron chi connectivity index (χ2n) is 7.73. The summed E-state index contributed by atoms with van der Waals surface area (Å²) in [7, 11) is 1.38. The molecule has 2 aliphatic rings. The van der Waals surface area contributed by atoms with Gasteiger partial charge >= 0.3 is 12.3 Å². The van der Waals surface area contributed by atoms with Crippen LogP contribution in [-0.4, -0.2) is 54.1 Å². The van der Waals surface area contributed by atoms with Crippen LogP contribution in [-0.2, 0) is 10.9 Å². The summed E-state index contributed by atoms with van der Waals surface area (Å²) in [5, 5.41) is 5.12. The Hall–Kier alpha value is -2.63. The van der Waals surface area contributed by atoms with Crippen LogP contribution >= 0.6 is 11.5 Å². The standard InChI is InChI=1S/C19H22F3N5O3S/c1-23-17(28)15-14-16(31-26-15)12(19(20,21)22)8-13(25-14)27-6-4-11(5-7-27)30-18(29)24-9-10-2-3-10/h8,10-11H,2-7,9H2,1H3,(H,23,28)(H,24,29). The maximum Gasteiger partial charge on any atom is 0.418 e. The van der Waals surface area contributed by atoms with Gasteiger partial charge in [-0.05, 0) is 36.4 Å². The first-order valence-electron chi connectivity index (χ1n) is 10.1. The molecule has 0 bridgehead atoms. The van der Waals surface area contributed by atoms with Crippen LogP contribution in [0.4, 0.5) is 23.8 Å². The average molecular weight is 457 g/mol. The summed E-state index contributed by atoms with van der Waals surface area (Å²) < 4.78 is 50.1. The highest BCUT2D eigenvalue weighted by molar-refractivity contribution is 7.13. The van der Waals surface area contributed by atoms with Crippen molar-refractivity contribution in [2.24, 2.45) is 5.92 Å². The number of carbonyl (C=O) groups is 2. The lowest BCUT2D eigenvalue weighted by Crippen LogP contribution is -2.40. The van der Waals surface area contributed by atoms with Gasteiger partial charge in [0.05, 0.1) is 10.3 Å². The smallest absolute Gasteiger partial charge is 0.418 e. The molecule has 31 heavy (non-hydrogen) atoms. The van der Waals surface area contributed by atoms with Crippen LogP contribution in [0.3, 0.4) is 0 Å². The van der Waals surface area contributed by atoms with E-state index in [0.717, 1.165) is 18.9 Å². The van der Waals surface area contributed by atoms with E-state index in [1.807, 2.05) is 0 Å². The SMILES string of the molecule is CNC(=O)c1nsc2c(C(F)(F)F)cc(N3CCC(OC(=O)NCC4CC4)CC3)nc12. The molecule has 3 heterocycles. The summed E-state index contributed by atoms with van der Waals surface area (Å²) in [5.41, 5.74) is -1.05. The van der Waals surface area contributed by atoms with Crippen molar-refractivity contribution < 1.29 is 27.5 Å². The molecule has 8 nitrogen and oxygen atoms in total. The van der Waals surface area contributed by atoms with Crippen molar-refractivity contribution in [3.63, 3.8) is 0 Å². The molecule has 0 atom stereocenters. The fourth-order valence-electron chi connectivity index (χ4n) is 3.49. The van der Waals surface area contributed by atoms with E-state index in [4.69, 9.17) is 4.74 Å². The number of ether oxygens (including phenoxy) is 1. The molecule has 0 aromatic carbocycles. The summed E-state index contributed by atoms with van der Waals surface area (Å²) in [6.07, 6.45) is -2.17. The number of fused-ring (bicyclic) bond motifs is 1. The molecule has 2 aromatic rings. The average Bonchev–Trinajstić information content (AvgIpc) is 3.48. The molecule has 168 valence electrons. The Labute approximate surface area is 180 Å². The second kappa shape index (κ2) is 8.48. The topological polar surface area (TPSA) is 96.5 Å². The van der Waals surface area contributed by atoms with Crippen LogP contribution in [0.25, 0.3) is 10.2 Å². The first kappa shape index (κ1) is 21.6. The zero-order chi connectivity index (χ0) is 22.2. The second-order valence-corrected chi connectivity index (χ2v) is 8.50. The van der Waals surface area contributed by atoms with E-state index in [1.54, 1.807) is 4.90 Å². The highest BCUT2D eigenvalue weighted by atomic mass is 32.1. The van der Waals surface area contributed by atoms with E-state index in [9.17, 15) is 22.8 Å². The van der Waals surface area contributed by atoms with Gasteiger partial charge in [-0.25, -0.2) is 9.78 Å². The fraction of sp³-hybridized carbons (Fsp3) is 0.579. The number of nitrogens with one attached hydrogen (secondary N) is 2. The third-order valence-electron chi connectivity index (χ3n) is 5.43. The number of amides is 2. The Morgan fingerprint density at radius 2 is 1.97 bits per heavy atom. The van der Waals surface area contributed by atoms with Crippen molar-refractivity contribution in [3.05, 3.63) is 17.3 Å². The van der Waals surface area contributed by atoms with Crippen LogP contribution in [0, 0.1) is 5.92 Å².